The molecule has 4 N–H and O–H groups in total. The summed E-state index contributed by atoms with van der Waals surface area (Å²) >= 11 is -1.92. The van der Waals surface area contributed by atoms with Gasteiger partial charge in [0.1, 0.15) is 11.1 Å². The zero-order valence-corrected chi connectivity index (χ0v) is 19.4. The molecule has 0 bridgehead atoms. The van der Waals surface area contributed by atoms with Gasteiger partial charge in [-0.2, -0.15) is 0 Å². The summed E-state index contributed by atoms with van der Waals surface area (Å²) in [6, 6.07) is 0. The Bertz CT molecular complexity index is 711. The summed E-state index contributed by atoms with van der Waals surface area (Å²) in [5, 5.41) is 15.7. The van der Waals surface area contributed by atoms with Gasteiger partial charge in [-0.05, 0) is 59.4 Å². The lowest BCUT2D eigenvalue weighted by Crippen LogP contribution is -2.58. The predicted molar refractivity (Wildman–Crippen MR) is 115 cm³/mol. The van der Waals surface area contributed by atoms with Gasteiger partial charge in [0, 0.05) is 30.7 Å². The summed E-state index contributed by atoms with van der Waals surface area (Å²) in [5.41, 5.74) is -2.41. The van der Waals surface area contributed by atoms with Crippen LogP contribution in [0.25, 0.3) is 0 Å². The maximum atomic E-state index is 12.8. The number of carboxylic acids is 1. The van der Waals surface area contributed by atoms with Crippen molar-refractivity contribution in [2.24, 2.45) is 5.41 Å². The van der Waals surface area contributed by atoms with Crippen molar-refractivity contribution in [3.8, 4) is 0 Å². The van der Waals surface area contributed by atoms with Crippen molar-refractivity contribution in [1.82, 2.24) is 15.5 Å². The smallest absolute Gasteiger partial charge is 0.407 e. The highest BCUT2D eigenvalue weighted by Gasteiger charge is 2.65. The molecule has 10 nitrogen and oxygen atoms in total. The van der Waals surface area contributed by atoms with Crippen molar-refractivity contribution in [2.45, 2.75) is 70.4 Å². The van der Waals surface area contributed by atoms with Gasteiger partial charge >= 0.3 is 12.1 Å². The molecule has 0 aromatic heterocycles. The average molecular weight is 462 g/mol. The van der Waals surface area contributed by atoms with Crippen molar-refractivity contribution in [2.75, 3.05) is 31.9 Å². The lowest BCUT2D eigenvalue weighted by molar-refractivity contribution is -0.147. The van der Waals surface area contributed by atoms with Crippen LogP contribution in [0.2, 0.25) is 0 Å². The number of likely N-dealkylation sites (tertiary alicyclic amines) is 1. The summed E-state index contributed by atoms with van der Waals surface area (Å²) in [6.45, 7) is 6.72. The van der Waals surface area contributed by atoms with Crippen LogP contribution >= 0.6 is 0 Å². The molecular weight excluding hydrogens is 426 g/mol. The Hall–Kier alpha value is -1.72. The van der Waals surface area contributed by atoms with E-state index in [0.29, 0.717) is 51.7 Å². The normalized spacial score (nSPS) is 26.4. The van der Waals surface area contributed by atoms with Gasteiger partial charge in [0.05, 0.1) is 6.54 Å². The third kappa shape index (κ3) is 6.39. The van der Waals surface area contributed by atoms with E-state index in [0.717, 1.165) is 0 Å². The number of carbonyl (C=O) groups excluding carboxylic acids is 2. The highest BCUT2D eigenvalue weighted by molar-refractivity contribution is 7.79. The van der Waals surface area contributed by atoms with Crippen LogP contribution in [0.3, 0.4) is 0 Å². The van der Waals surface area contributed by atoms with Gasteiger partial charge in [-0.15, -0.1) is 0 Å². The SMILES string of the molecule is CC(C)(C)OC(=O)NCCCCC(=O)N1C[C@@]2(CCCS(=O)O)CCN[C@@]2(C(=O)O)C1. The Morgan fingerprint density at radius 2 is 1.90 bits per heavy atom. The lowest BCUT2D eigenvalue weighted by Gasteiger charge is -2.35. The van der Waals surface area contributed by atoms with E-state index >= 15 is 0 Å². The van der Waals surface area contributed by atoms with E-state index in [1.165, 1.54) is 0 Å². The number of aliphatic carboxylic acids is 1. The molecule has 2 saturated heterocycles. The molecule has 2 heterocycles. The number of amides is 2. The monoisotopic (exact) mass is 461 g/mol. The van der Waals surface area contributed by atoms with E-state index in [9.17, 15) is 23.7 Å². The molecule has 11 heteroatoms. The number of unbranched alkanes of at least 4 members (excludes halogenated alkanes) is 1. The number of fused-ring (bicyclic) bond motifs is 1. The number of nitrogens with one attached hydrogen (secondary N) is 2. The number of ether oxygens (including phenoxy) is 1. The van der Waals surface area contributed by atoms with E-state index in [1.54, 1.807) is 25.7 Å². The Morgan fingerprint density at radius 3 is 2.52 bits per heavy atom. The molecule has 2 aliphatic rings. The van der Waals surface area contributed by atoms with Crippen LogP contribution < -0.4 is 10.6 Å². The molecule has 3 atom stereocenters. The second-order valence-corrected chi connectivity index (χ2v) is 10.5. The topological polar surface area (TPSA) is 145 Å². The third-order valence-electron chi connectivity index (χ3n) is 6.03. The van der Waals surface area contributed by atoms with E-state index in [1.807, 2.05) is 0 Å². The van der Waals surface area contributed by atoms with Crippen LogP contribution in [-0.2, 0) is 25.4 Å². The van der Waals surface area contributed by atoms with E-state index in [4.69, 9.17) is 9.29 Å². The number of hydrogen-bond acceptors (Lipinski definition) is 6. The fourth-order valence-electron chi connectivity index (χ4n) is 4.62. The van der Waals surface area contributed by atoms with Gasteiger partial charge in [-0.1, -0.05) is 0 Å². The maximum Gasteiger partial charge on any atom is 0.407 e. The maximum absolute atomic E-state index is 12.8. The van der Waals surface area contributed by atoms with Crippen LogP contribution in [0.1, 0.15) is 59.3 Å². The highest BCUT2D eigenvalue weighted by Crippen LogP contribution is 2.49. The van der Waals surface area contributed by atoms with Crippen molar-refractivity contribution in [3.63, 3.8) is 0 Å². The van der Waals surface area contributed by atoms with Crippen molar-refractivity contribution in [1.29, 1.82) is 0 Å². The second-order valence-electron chi connectivity index (χ2n) is 9.43. The van der Waals surface area contributed by atoms with Crippen molar-refractivity contribution in [3.05, 3.63) is 0 Å². The minimum atomic E-state index is -1.92. The number of rotatable bonds is 10. The number of alkyl carbamates (subject to hydrolysis) is 1. The first kappa shape index (κ1) is 25.5. The van der Waals surface area contributed by atoms with Crippen LogP contribution in [0.4, 0.5) is 4.79 Å². The number of nitrogens with zero attached hydrogens (tertiary/aromatic N) is 1. The first-order valence-corrected chi connectivity index (χ1v) is 12.0. The van der Waals surface area contributed by atoms with Crippen LogP contribution in [0.5, 0.6) is 0 Å². The molecule has 0 saturated carbocycles. The molecular formula is C20H35N3O7S. The summed E-state index contributed by atoms with van der Waals surface area (Å²) in [7, 11) is 0. The minimum Gasteiger partial charge on any atom is -0.480 e. The Labute approximate surface area is 185 Å². The summed E-state index contributed by atoms with van der Waals surface area (Å²) in [4.78, 5) is 38.2. The number of hydrogen-bond donors (Lipinski definition) is 4. The van der Waals surface area contributed by atoms with Crippen molar-refractivity contribution >= 4 is 29.1 Å². The van der Waals surface area contributed by atoms with Gasteiger partial charge in [0.25, 0.3) is 0 Å². The minimum absolute atomic E-state index is 0.0933. The van der Waals surface area contributed by atoms with Crippen LogP contribution in [0.15, 0.2) is 0 Å². The van der Waals surface area contributed by atoms with Crippen LogP contribution in [0, 0.1) is 5.41 Å². The first-order valence-electron chi connectivity index (χ1n) is 10.7. The van der Waals surface area contributed by atoms with Gasteiger partial charge in [0.15, 0.2) is 11.1 Å². The average Bonchev–Trinajstić information content (AvgIpc) is 3.13. The zero-order valence-electron chi connectivity index (χ0n) is 18.6. The lowest BCUT2D eigenvalue weighted by atomic mass is 9.70. The van der Waals surface area contributed by atoms with E-state index in [2.05, 4.69) is 10.6 Å². The fourth-order valence-corrected chi connectivity index (χ4v) is 5.01. The van der Waals surface area contributed by atoms with Gasteiger partial charge < -0.3 is 24.6 Å². The predicted octanol–water partition coefficient (Wildman–Crippen LogP) is 1.33. The molecule has 0 aromatic carbocycles. The molecule has 0 aliphatic carbocycles. The molecule has 2 rings (SSSR count). The highest BCUT2D eigenvalue weighted by atomic mass is 32.2. The van der Waals surface area contributed by atoms with E-state index < -0.39 is 39.7 Å². The summed E-state index contributed by atoms with van der Waals surface area (Å²) < 4.78 is 25.2. The quantitative estimate of drug-likeness (QED) is 0.282. The van der Waals surface area contributed by atoms with Gasteiger partial charge in [0.2, 0.25) is 5.91 Å². The standard InChI is InChI=1S/C20H35N3O7S/c1-18(2,3)30-17(27)21-10-5-4-7-15(24)23-13-19(8-6-12-31(28)29)9-11-22-20(19,14-23)16(25)26/h22H,4-14H2,1-3H3,(H,21,27)(H,25,26)(H,28,29)/t19-,20-/m1/s1. The molecule has 2 aliphatic heterocycles. The van der Waals surface area contributed by atoms with Crippen LogP contribution in [-0.4, -0.2) is 79.8 Å². The summed E-state index contributed by atoms with van der Waals surface area (Å²) in [6.07, 6.45) is 2.46. The number of carbonyl (C=O) groups is 3. The third-order valence-corrected chi connectivity index (χ3v) is 6.67. The molecule has 0 radical (unpaired) electrons. The molecule has 31 heavy (non-hydrogen) atoms. The molecule has 2 amide bonds. The van der Waals surface area contributed by atoms with Gasteiger partial charge in [-0.25, -0.2) is 9.00 Å². The molecule has 1 unspecified atom stereocenters. The Kier molecular flexibility index (Phi) is 8.46. The van der Waals surface area contributed by atoms with E-state index in [-0.39, 0.29) is 24.6 Å². The number of carboxylic acid groups (broad SMARTS) is 1. The molecule has 0 spiro atoms. The second kappa shape index (κ2) is 10.3. The Balaban J connectivity index is 1.86. The molecule has 0 aromatic rings. The van der Waals surface area contributed by atoms with Crippen molar-refractivity contribution < 1.29 is 33.0 Å². The molecule has 2 fully saturated rings. The fraction of sp³-hybridized carbons (Fsp3) is 0.850. The molecule has 178 valence electrons. The summed E-state index contributed by atoms with van der Waals surface area (Å²) in [5.74, 6) is -0.998. The van der Waals surface area contributed by atoms with Gasteiger partial charge in [-0.3, -0.25) is 14.9 Å². The Morgan fingerprint density at radius 1 is 1.19 bits per heavy atom. The zero-order chi connectivity index (χ0) is 23.3. The first-order chi connectivity index (χ1) is 14.4. The largest absolute Gasteiger partial charge is 0.480 e.